The molecule has 9 heteroatoms. The van der Waals surface area contributed by atoms with Gasteiger partial charge in [0, 0.05) is 0 Å². The standard InChI is InChI=1S/C8H11N7OS/c1-4(2)6-7(17-15-12-6)8(16)9-3-5-10-13-14-11-5/h4H,3H2,1-2H3,(H,9,16)(H,10,11,13,14). The van der Waals surface area contributed by atoms with Gasteiger partial charge in [0.05, 0.1) is 12.2 Å². The van der Waals surface area contributed by atoms with Gasteiger partial charge in [-0.25, -0.2) is 0 Å². The maximum Gasteiger partial charge on any atom is 0.265 e. The van der Waals surface area contributed by atoms with Gasteiger partial charge in [-0.3, -0.25) is 4.79 Å². The molecule has 0 spiro atoms. The normalized spacial score (nSPS) is 10.8. The van der Waals surface area contributed by atoms with Gasteiger partial charge in [-0.05, 0) is 17.5 Å². The van der Waals surface area contributed by atoms with E-state index in [-0.39, 0.29) is 18.4 Å². The van der Waals surface area contributed by atoms with E-state index in [2.05, 4.69) is 35.5 Å². The van der Waals surface area contributed by atoms with Crippen LogP contribution in [0.3, 0.4) is 0 Å². The molecule has 0 unspecified atom stereocenters. The average molecular weight is 253 g/mol. The van der Waals surface area contributed by atoms with E-state index in [0.717, 1.165) is 11.5 Å². The molecule has 1 amide bonds. The maximum atomic E-state index is 11.9. The fourth-order valence-electron chi connectivity index (χ4n) is 1.23. The van der Waals surface area contributed by atoms with E-state index in [4.69, 9.17) is 0 Å². The molecule has 2 N–H and O–H groups in total. The van der Waals surface area contributed by atoms with E-state index < -0.39 is 0 Å². The highest BCUT2D eigenvalue weighted by molar-refractivity contribution is 7.08. The second kappa shape index (κ2) is 4.95. The first-order valence-electron chi connectivity index (χ1n) is 5.01. The zero-order valence-electron chi connectivity index (χ0n) is 9.34. The number of H-pyrrole nitrogens is 1. The first-order chi connectivity index (χ1) is 8.18. The Morgan fingerprint density at radius 1 is 1.47 bits per heavy atom. The van der Waals surface area contributed by atoms with Gasteiger partial charge in [0.1, 0.15) is 4.88 Å². The summed E-state index contributed by atoms with van der Waals surface area (Å²) >= 11 is 1.09. The van der Waals surface area contributed by atoms with Crippen molar-refractivity contribution in [2.45, 2.75) is 26.3 Å². The Balaban J connectivity index is 2.02. The molecule has 90 valence electrons. The lowest BCUT2D eigenvalue weighted by atomic mass is 10.1. The van der Waals surface area contributed by atoms with Gasteiger partial charge in [0.2, 0.25) is 0 Å². The van der Waals surface area contributed by atoms with Crippen molar-refractivity contribution in [3.05, 3.63) is 16.4 Å². The monoisotopic (exact) mass is 253 g/mol. The molecular weight excluding hydrogens is 242 g/mol. The minimum Gasteiger partial charge on any atom is -0.344 e. The summed E-state index contributed by atoms with van der Waals surface area (Å²) in [6, 6.07) is 0. The second-order valence-corrected chi connectivity index (χ2v) is 4.41. The SMILES string of the molecule is CC(C)c1nnsc1C(=O)NCc1nn[nH]n1. The van der Waals surface area contributed by atoms with Crippen LogP contribution in [0.25, 0.3) is 0 Å². The molecule has 0 saturated carbocycles. The third kappa shape index (κ3) is 2.61. The molecule has 17 heavy (non-hydrogen) atoms. The topological polar surface area (TPSA) is 109 Å². The molecule has 0 saturated heterocycles. The summed E-state index contributed by atoms with van der Waals surface area (Å²) in [4.78, 5) is 12.4. The molecule has 0 aliphatic carbocycles. The van der Waals surface area contributed by atoms with Crippen LogP contribution < -0.4 is 5.32 Å². The van der Waals surface area contributed by atoms with Gasteiger partial charge in [-0.2, -0.15) is 5.21 Å². The Labute approximate surface area is 101 Å². The van der Waals surface area contributed by atoms with Crippen molar-refractivity contribution < 1.29 is 4.79 Å². The van der Waals surface area contributed by atoms with E-state index in [1.165, 1.54) is 0 Å². The van der Waals surface area contributed by atoms with E-state index in [1.807, 2.05) is 13.8 Å². The molecule has 8 nitrogen and oxygen atoms in total. The molecule has 0 bridgehead atoms. The lowest BCUT2D eigenvalue weighted by molar-refractivity contribution is 0.0952. The van der Waals surface area contributed by atoms with Gasteiger partial charge in [-0.15, -0.1) is 15.3 Å². The summed E-state index contributed by atoms with van der Waals surface area (Å²) in [7, 11) is 0. The molecule has 0 aliphatic heterocycles. The molecule has 2 aromatic rings. The molecule has 0 aromatic carbocycles. The van der Waals surface area contributed by atoms with Crippen LogP contribution in [0.4, 0.5) is 0 Å². The summed E-state index contributed by atoms with van der Waals surface area (Å²) in [6.45, 7) is 4.16. The number of aromatic nitrogens is 6. The molecule has 0 radical (unpaired) electrons. The van der Waals surface area contributed by atoms with E-state index in [1.54, 1.807) is 0 Å². The number of tetrazole rings is 1. The molecule has 2 aromatic heterocycles. The minimum absolute atomic E-state index is 0.166. The summed E-state index contributed by atoms with van der Waals surface area (Å²) in [5.41, 5.74) is 0.709. The van der Waals surface area contributed by atoms with Crippen LogP contribution in [-0.2, 0) is 6.54 Å². The van der Waals surface area contributed by atoms with Gasteiger partial charge in [-0.1, -0.05) is 23.5 Å². The Kier molecular flexibility index (Phi) is 3.38. The Morgan fingerprint density at radius 3 is 2.94 bits per heavy atom. The molecule has 0 atom stereocenters. The van der Waals surface area contributed by atoms with Crippen LogP contribution in [0.15, 0.2) is 0 Å². The van der Waals surface area contributed by atoms with Crippen LogP contribution in [0.2, 0.25) is 0 Å². The van der Waals surface area contributed by atoms with Crippen LogP contribution in [0, 0.1) is 0 Å². The van der Waals surface area contributed by atoms with Crippen LogP contribution in [0.1, 0.15) is 41.0 Å². The first kappa shape index (κ1) is 11.6. The first-order valence-corrected chi connectivity index (χ1v) is 5.78. The fraction of sp³-hybridized carbons (Fsp3) is 0.500. The van der Waals surface area contributed by atoms with E-state index in [9.17, 15) is 4.79 Å². The minimum atomic E-state index is -0.214. The Bertz CT molecular complexity index is 492. The predicted octanol–water partition coefficient (Wildman–Crippen LogP) is 0.105. The smallest absolute Gasteiger partial charge is 0.265 e. The quantitative estimate of drug-likeness (QED) is 0.800. The number of nitrogens with zero attached hydrogens (tertiary/aromatic N) is 5. The van der Waals surface area contributed by atoms with Crippen LogP contribution in [-0.4, -0.2) is 36.1 Å². The molecule has 2 rings (SSSR count). The van der Waals surface area contributed by atoms with Crippen LogP contribution >= 0.6 is 11.5 Å². The fourth-order valence-corrected chi connectivity index (χ4v) is 1.97. The average Bonchev–Trinajstić information content (AvgIpc) is 2.96. The zero-order valence-corrected chi connectivity index (χ0v) is 10.2. The number of nitrogens with one attached hydrogen (secondary N) is 2. The maximum absolute atomic E-state index is 11.9. The highest BCUT2D eigenvalue weighted by atomic mass is 32.1. The summed E-state index contributed by atoms with van der Waals surface area (Å²) in [5.74, 6) is 0.384. The predicted molar refractivity (Wildman–Crippen MR) is 59.3 cm³/mol. The van der Waals surface area contributed by atoms with Crippen molar-refractivity contribution >= 4 is 17.4 Å². The van der Waals surface area contributed by atoms with Gasteiger partial charge < -0.3 is 5.32 Å². The third-order valence-electron chi connectivity index (χ3n) is 2.06. The molecular formula is C8H11N7OS. The van der Waals surface area contributed by atoms with Crippen LogP contribution in [0.5, 0.6) is 0 Å². The molecule has 0 fully saturated rings. The number of rotatable bonds is 4. The number of hydrogen-bond acceptors (Lipinski definition) is 7. The summed E-state index contributed by atoms with van der Waals surface area (Å²) in [5, 5.41) is 19.8. The molecule has 0 aliphatic rings. The Morgan fingerprint density at radius 2 is 2.29 bits per heavy atom. The van der Waals surface area contributed by atoms with E-state index in [0.29, 0.717) is 16.4 Å². The highest BCUT2D eigenvalue weighted by Gasteiger charge is 2.18. The molecule has 2 heterocycles. The third-order valence-corrected chi connectivity index (χ3v) is 2.80. The number of aromatic amines is 1. The summed E-state index contributed by atoms with van der Waals surface area (Å²) < 4.78 is 3.79. The van der Waals surface area contributed by atoms with Crippen molar-refractivity contribution in [1.82, 2.24) is 35.5 Å². The number of carbonyl (C=O) groups excluding carboxylic acids is 1. The van der Waals surface area contributed by atoms with E-state index >= 15 is 0 Å². The lowest BCUT2D eigenvalue weighted by Crippen LogP contribution is -2.23. The Hall–Kier alpha value is -1.90. The zero-order chi connectivity index (χ0) is 12.3. The van der Waals surface area contributed by atoms with Crippen molar-refractivity contribution in [1.29, 1.82) is 0 Å². The lowest BCUT2D eigenvalue weighted by Gasteiger charge is -2.03. The van der Waals surface area contributed by atoms with Gasteiger partial charge in [0.15, 0.2) is 5.82 Å². The van der Waals surface area contributed by atoms with Crippen molar-refractivity contribution in [3.63, 3.8) is 0 Å². The van der Waals surface area contributed by atoms with Crippen molar-refractivity contribution in [3.8, 4) is 0 Å². The number of carbonyl (C=O) groups is 1. The summed E-state index contributed by atoms with van der Waals surface area (Å²) in [6.07, 6.45) is 0. The largest absolute Gasteiger partial charge is 0.344 e. The number of hydrogen-bond donors (Lipinski definition) is 2. The van der Waals surface area contributed by atoms with Gasteiger partial charge in [0.25, 0.3) is 5.91 Å². The van der Waals surface area contributed by atoms with Gasteiger partial charge >= 0.3 is 0 Å². The second-order valence-electron chi connectivity index (χ2n) is 3.65. The highest BCUT2D eigenvalue weighted by Crippen LogP contribution is 2.19. The number of amides is 1. The van der Waals surface area contributed by atoms with Crippen molar-refractivity contribution in [2.24, 2.45) is 0 Å². The van der Waals surface area contributed by atoms with Crippen molar-refractivity contribution in [2.75, 3.05) is 0 Å².